The summed E-state index contributed by atoms with van der Waals surface area (Å²) in [5, 5.41) is 9.32. The zero-order valence-electron chi connectivity index (χ0n) is 7.64. The topological polar surface area (TPSA) is 142 Å². The molecular formula is C4H7N3NaO5P-2. The summed E-state index contributed by atoms with van der Waals surface area (Å²) in [6, 6.07) is 0. The molecule has 1 aliphatic rings. The van der Waals surface area contributed by atoms with E-state index in [1.54, 1.807) is 11.9 Å². The van der Waals surface area contributed by atoms with Gasteiger partial charge in [-0.2, -0.15) is 7.82 Å². The summed E-state index contributed by atoms with van der Waals surface area (Å²) in [6.45, 7) is 0.318. The maximum Gasteiger partial charge on any atom is 1.00 e. The van der Waals surface area contributed by atoms with Gasteiger partial charge in [-0.1, -0.05) is 0 Å². The summed E-state index contributed by atoms with van der Waals surface area (Å²) in [6.07, 6.45) is 0. The van der Waals surface area contributed by atoms with Gasteiger partial charge in [0.15, 0.2) is 5.96 Å². The second kappa shape index (κ2) is 6.52. The third-order valence-corrected chi connectivity index (χ3v) is 1.02. The zero-order chi connectivity index (χ0) is 10.6. The van der Waals surface area contributed by atoms with Crippen molar-refractivity contribution >= 4 is 19.7 Å². The molecule has 0 bridgehead atoms. The average Bonchev–Trinajstić information content (AvgIpc) is 2.05. The zero-order valence-corrected chi connectivity index (χ0v) is 10.5. The Kier molecular flexibility index (Phi) is 7.67. The SMILES string of the molecule is CN1CC(=O)NC1=N.O=P([O-])([O-])[O-].[Na+]. The summed E-state index contributed by atoms with van der Waals surface area (Å²) in [4.78, 5) is 37.6. The third-order valence-electron chi connectivity index (χ3n) is 1.02. The number of amides is 1. The molecule has 0 aromatic heterocycles. The molecule has 1 aliphatic heterocycles. The van der Waals surface area contributed by atoms with Gasteiger partial charge in [0.2, 0.25) is 5.91 Å². The monoisotopic (exact) mass is 231 g/mol. The van der Waals surface area contributed by atoms with Crippen LogP contribution in [-0.4, -0.2) is 30.4 Å². The first-order chi connectivity index (χ1) is 5.70. The predicted molar refractivity (Wildman–Crippen MR) is 36.1 cm³/mol. The molecule has 1 amide bonds. The first-order valence-corrected chi connectivity index (χ1v) is 4.49. The maximum absolute atomic E-state index is 10.4. The molecule has 2 N–H and O–H groups in total. The Bertz CT molecular complexity index is 257. The Hall–Kier alpha value is 0.0500. The van der Waals surface area contributed by atoms with E-state index >= 15 is 0 Å². The van der Waals surface area contributed by atoms with Gasteiger partial charge in [0.05, 0.1) is 6.54 Å². The van der Waals surface area contributed by atoms with Crippen molar-refractivity contribution in [3.05, 3.63) is 0 Å². The molecule has 0 radical (unpaired) electrons. The number of nitrogens with one attached hydrogen (secondary N) is 2. The summed E-state index contributed by atoms with van der Waals surface area (Å²) >= 11 is 0. The molecule has 0 aliphatic carbocycles. The summed E-state index contributed by atoms with van der Waals surface area (Å²) in [7, 11) is -3.69. The van der Waals surface area contributed by atoms with E-state index in [1.165, 1.54) is 0 Å². The van der Waals surface area contributed by atoms with E-state index in [2.05, 4.69) is 5.32 Å². The van der Waals surface area contributed by atoms with Crippen LogP contribution in [0.2, 0.25) is 0 Å². The number of hydrogen-bond donors (Lipinski definition) is 2. The van der Waals surface area contributed by atoms with Crippen molar-refractivity contribution in [2.75, 3.05) is 13.6 Å². The van der Waals surface area contributed by atoms with E-state index in [4.69, 9.17) is 24.7 Å². The first kappa shape index (κ1) is 16.5. The van der Waals surface area contributed by atoms with E-state index in [0.717, 1.165) is 0 Å². The molecule has 0 unspecified atom stereocenters. The molecule has 8 nitrogen and oxygen atoms in total. The first-order valence-electron chi connectivity index (χ1n) is 3.03. The van der Waals surface area contributed by atoms with Gasteiger partial charge in [0, 0.05) is 7.05 Å². The molecule has 10 heteroatoms. The minimum absolute atomic E-state index is 0. The molecule has 0 spiro atoms. The number of likely N-dealkylation sites (N-methyl/N-ethyl adjacent to an activating group) is 1. The van der Waals surface area contributed by atoms with Crippen LogP contribution >= 0.6 is 7.82 Å². The molecule has 14 heavy (non-hydrogen) atoms. The summed E-state index contributed by atoms with van der Waals surface area (Å²) in [5.41, 5.74) is 0. The third kappa shape index (κ3) is 10.1. The quantitative estimate of drug-likeness (QED) is 0.313. The van der Waals surface area contributed by atoms with E-state index in [-0.39, 0.29) is 41.4 Å². The Labute approximate surface area is 102 Å². The number of carbonyl (C=O) groups excluding carboxylic acids is 1. The van der Waals surface area contributed by atoms with E-state index in [9.17, 15) is 4.79 Å². The number of hydrogen-bond acceptors (Lipinski definition) is 6. The normalized spacial score (nSPS) is 15.3. The Morgan fingerprint density at radius 1 is 1.50 bits per heavy atom. The van der Waals surface area contributed by atoms with Gasteiger partial charge in [-0.15, -0.1) is 0 Å². The minimum Gasteiger partial charge on any atom is -0.822 e. The number of guanidine groups is 1. The largest absolute Gasteiger partial charge is 1.00 e. The van der Waals surface area contributed by atoms with Gasteiger partial charge < -0.3 is 24.1 Å². The van der Waals surface area contributed by atoms with Crippen LogP contribution in [0.5, 0.6) is 0 Å². The fourth-order valence-electron chi connectivity index (χ4n) is 0.561. The van der Waals surface area contributed by atoms with Gasteiger partial charge in [0.1, 0.15) is 0 Å². The molecule has 0 aromatic carbocycles. The van der Waals surface area contributed by atoms with Crippen LogP contribution in [0, 0.1) is 5.41 Å². The van der Waals surface area contributed by atoms with Crippen molar-refractivity contribution in [1.29, 1.82) is 5.41 Å². The number of phosphoric acid groups is 1. The second-order valence-electron chi connectivity index (χ2n) is 2.20. The van der Waals surface area contributed by atoms with Gasteiger partial charge >= 0.3 is 29.6 Å². The van der Waals surface area contributed by atoms with Gasteiger partial charge in [0.25, 0.3) is 0 Å². The summed E-state index contributed by atoms with van der Waals surface area (Å²) in [5.74, 6) is 0.0903. The molecule has 76 valence electrons. The van der Waals surface area contributed by atoms with Crippen molar-refractivity contribution < 1.29 is 53.6 Å². The fourth-order valence-corrected chi connectivity index (χ4v) is 0.561. The fraction of sp³-hybridized carbons (Fsp3) is 0.500. The molecule has 1 saturated heterocycles. The van der Waals surface area contributed by atoms with Crippen LogP contribution in [0.4, 0.5) is 0 Å². The molecule has 0 aromatic rings. The van der Waals surface area contributed by atoms with E-state index < -0.39 is 7.82 Å². The Morgan fingerprint density at radius 3 is 1.93 bits per heavy atom. The standard InChI is InChI=1S/C4H7N3O.Na.H3O4P/c1-7-2-3(8)6-4(7)5;;1-5(2,3)4/h2H2,1H3,(H2,5,6,8);;(H3,1,2,3,4)/q;+1;/p-3. The number of nitrogens with zero attached hydrogens (tertiary/aromatic N) is 1. The second-order valence-corrected chi connectivity index (χ2v) is 3.09. The van der Waals surface area contributed by atoms with E-state index in [0.29, 0.717) is 6.54 Å². The number of carbonyl (C=O) groups is 1. The Morgan fingerprint density at radius 2 is 1.86 bits per heavy atom. The predicted octanol–water partition coefficient (Wildman–Crippen LogP) is -6.84. The average molecular weight is 231 g/mol. The molecular weight excluding hydrogens is 224 g/mol. The molecule has 0 atom stereocenters. The minimum atomic E-state index is -5.39. The van der Waals surface area contributed by atoms with Crippen molar-refractivity contribution in [3.8, 4) is 0 Å². The number of rotatable bonds is 0. The van der Waals surface area contributed by atoms with Crippen LogP contribution in [0.15, 0.2) is 0 Å². The van der Waals surface area contributed by atoms with Gasteiger partial charge in [-0.25, -0.2) is 0 Å². The van der Waals surface area contributed by atoms with E-state index in [1.807, 2.05) is 0 Å². The van der Waals surface area contributed by atoms with Gasteiger partial charge in [-0.3, -0.25) is 15.5 Å². The van der Waals surface area contributed by atoms with Crippen molar-refractivity contribution in [3.63, 3.8) is 0 Å². The van der Waals surface area contributed by atoms with Crippen LogP contribution in [0.25, 0.3) is 0 Å². The van der Waals surface area contributed by atoms with Gasteiger partial charge in [-0.05, 0) is 0 Å². The van der Waals surface area contributed by atoms with Crippen molar-refractivity contribution in [1.82, 2.24) is 10.2 Å². The maximum atomic E-state index is 10.4. The molecule has 1 rings (SSSR count). The molecule has 1 heterocycles. The molecule has 1 fully saturated rings. The summed E-state index contributed by atoms with van der Waals surface area (Å²) < 4.78 is 8.55. The van der Waals surface area contributed by atoms with Crippen LogP contribution in [-0.2, 0) is 9.36 Å². The van der Waals surface area contributed by atoms with Crippen LogP contribution in [0.1, 0.15) is 0 Å². The van der Waals surface area contributed by atoms with Crippen LogP contribution < -0.4 is 49.6 Å². The van der Waals surface area contributed by atoms with Crippen molar-refractivity contribution in [2.45, 2.75) is 0 Å². The van der Waals surface area contributed by atoms with Crippen LogP contribution in [0.3, 0.4) is 0 Å². The smallest absolute Gasteiger partial charge is 0.822 e. The Balaban J connectivity index is 0. The van der Waals surface area contributed by atoms with Crippen molar-refractivity contribution in [2.24, 2.45) is 0 Å². The molecule has 0 saturated carbocycles.